The molecule has 4 rings (SSSR count). The molecule has 0 spiro atoms. The van der Waals surface area contributed by atoms with Gasteiger partial charge in [0.2, 0.25) is 0 Å². The van der Waals surface area contributed by atoms with Crippen molar-refractivity contribution in [2.75, 3.05) is 36.4 Å². The Bertz CT molecular complexity index is 962. The number of hydrogen-bond acceptors (Lipinski definition) is 6. The van der Waals surface area contributed by atoms with Gasteiger partial charge >= 0.3 is 6.09 Å². The van der Waals surface area contributed by atoms with Gasteiger partial charge < -0.3 is 19.9 Å². The minimum atomic E-state index is -0.497. The lowest BCUT2D eigenvalue weighted by Crippen LogP contribution is -2.37. The third kappa shape index (κ3) is 5.07. The summed E-state index contributed by atoms with van der Waals surface area (Å²) in [4.78, 5) is 37.6. The highest BCUT2D eigenvalue weighted by Crippen LogP contribution is 2.33. The van der Waals surface area contributed by atoms with Crippen LogP contribution < -0.4 is 10.2 Å². The number of fused-ring (bicyclic) bond motifs is 1. The molecule has 2 amide bonds. The molecule has 2 aliphatic rings. The van der Waals surface area contributed by atoms with Gasteiger partial charge in [0.1, 0.15) is 17.1 Å². The molecule has 2 aromatic rings. The van der Waals surface area contributed by atoms with Crippen molar-refractivity contribution in [3.05, 3.63) is 47.4 Å². The fourth-order valence-electron chi connectivity index (χ4n) is 4.00. The van der Waals surface area contributed by atoms with Crippen LogP contribution in [0.15, 0.2) is 36.7 Å². The molecule has 3 heterocycles. The van der Waals surface area contributed by atoms with Crippen LogP contribution in [0, 0.1) is 11.8 Å². The summed E-state index contributed by atoms with van der Waals surface area (Å²) in [7, 11) is 0. The first-order valence-corrected chi connectivity index (χ1v) is 10.7. The second-order valence-electron chi connectivity index (χ2n) is 9.03. The molecule has 1 aromatic heterocycles. The molecule has 8 nitrogen and oxygen atoms in total. The predicted molar refractivity (Wildman–Crippen MR) is 118 cm³/mol. The Hall–Kier alpha value is -2.87. The van der Waals surface area contributed by atoms with Crippen molar-refractivity contribution < 1.29 is 14.3 Å². The maximum atomic E-state index is 12.6. The number of aromatic nitrogens is 2. The van der Waals surface area contributed by atoms with Crippen LogP contribution >= 0.6 is 11.6 Å². The molecule has 2 atom stereocenters. The van der Waals surface area contributed by atoms with Gasteiger partial charge in [0.15, 0.2) is 0 Å². The van der Waals surface area contributed by atoms with Gasteiger partial charge in [0.25, 0.3) is 5.91 Å². The third-order valence-corrected chi connectivity index (χ3v) is 5.67. The number of hydrogen-bond donors (Lipinski definition) is 1. The number of halogens is 1. The molecule has 2 aliphatic heterocycles. The first-order chi connectivity index (χ1) is 14.7. The number of benzene rings is 1. The Kier molecular flexibility index (Phi) is 5.75. The lowest BCUT2D eigenvalue weighted by Gasteiger charge is -2.26. The maximum absolute atomic E-state index is 12.6. The monoisotopic (exact) mass is 443 g/mol. The average Bonchev–Trinajstić information content (AvgIpc) is 3.28. The first-order valence-electron chi connectivity index (χ1n) is 10.3. The van der Waals surface area contributed by atoms with E-state index in [1.807, 2.05) is 20.8 Å². The molecule has 0 saturated carbocycles. The van der Waals surface area contributed by atoms with E-state index in [0.29, 0.717) is 41.5 Å². The van der Waals surface area contributed by atoms with Gasteiger partial charge in [-0.2, -0.15) is 0 Å². The minimum absolute atomic E-state index is 0.250. The number of nitrogens with zero attached hydrogens (tertiary/aromatic N) is 4. The van der Waals surface area contributed by atoms with Crippen molar-refractivity contribution in [3.8, 4) is 0 Å². The van der Waals surface area contributed by atoms with Gasteiger partial charge in [-0.15, -0.1) is 0 Å². The molecule has 164 valence electrons. The Morgan fingerprint density at radius 1 is 1.06 bits per heavy atom. The normalized spacial score (nSPS) is 20.5. The van der Waals surface area contributed by atoms with E-state index in [-0.39, 0.29) is 17.7 Å². The Morgan fingerprint density at radius 2 is 1.71 bits per heavy atom. The number of nitrogens with one attached hydrogen (secondary N) is 1. The second kappa shape index (κ2) is 8.34. The number of carbonyl (C=O) groups is 2. The van der Waals surface area contributed by atoms with Crippen LogP contribution in [0.4, 0.5) is 16.3 Å². The van der Waals surface area contributed by atoms with Crippen molar-refractivity contribution in [1.29, 1.82) is 0 Å². The standard InChI is InChI=1S/C22H26ClN5O3/c1-22(2,3)31-21(30)28-12-14-10-27(11-15(14)13-28)19-9-24-8-18(26-19)20(29)25-17-6-4-16(23)5-7-17/h4-9,14-15H,10-13H2,1-3H3,(H,25,29). The van der Waals surface area contributed by atoms with Crippen molar-refractivity contribution in [3.63, 3.8) is 0 Å². The predicted octanol–water partition coefficient (Wildman–Crippen LogP) is 3.69. The Morgan fingerprint density at radius 3 is 2.32 bits per heavy atom. The SMILES string of the molecule is CC(C)(C)OC(=O)N1CC2CN(c3cncc(C(=O)Nc4ccc(Cl)cc4)n3)CC2C1. The van der Waals surface area contributed by atoms with Crippen LogP contribution in [-0.4, -0.2) is 58.6 Å². The topological polar surface area (TPSA) is 87.7 Å². The van der Waals surface area contributed by atoms with Crippen LogP contribution in [0.25, 0.3) is 0 Å². The number of carbonyl (C=O) groups excluding carboxylic acids is 2. The zero-order chi connectivity index (χ0) is 22.2. The number of rotatable bonds is 3. The molecule has 1 N–H and O–H groups in total. The van der Waals surface area contributed by atoms with Crippen LogP contribution in [0.1, 0.15) is 31.3 Å². The van der Waals surface area contributed by atoms with Crippen LogP contribution in [-0.2, 0) is 4.74 Å². The fourth-order valence-corrected chi connectivity index (χ4v) is 4.13. The fraction of sp³-hybridized carbons (Fsp3) is 0.455. The average molecular weight is 444 g/mol. The summed E-state index contributed by atoms with van der Waals surface area (Å²) in [6.45, 7) is 8.48. The second-order valence-corrected chi connectivity index (χ2v) is 9.47. The highest BCUT2D eigenvalue weighted by molar-refractivity contribution is 6.30. The molecular formula is C22H26ClN5O3. The highest BCUT2D eigenvalue weighted by Gasteiger charge is 2.43. The van der Waals surface area contributed by atoms with Crippen molar-refractivity contribution in [2.45, 2.75) is 26.4 Å². The summed E-state index contributed by atoms with van der Waals surface area (Å²) >= 11 is 5.88. The van der Waals surface area contributed by atoms with E-state index in [9.17, 15) is 9.59 Å². The zero-order valence-electron chi connectivity index (χ0n) is 17.8. The third-order valence-electron chi connectivity index (χ3n) is 5.42. The molecule has 0 bridgehead atoms. The first kappa shape index (κ1) is 21.4. The van der Waals surface area contributed by atoms with E-state index in [2.05, 4.69) is 20.2 Å². The summed E-state index contributed by atoms with van der Waals surface area (Å²) < 4.78 is 5.50. The number of likely N-dealkylation sites (tertiary alicyclic amines) is 1. The van der Waals surface area contributed by atoms with E-state index in [0.717, 1.165) is 13.1 Å². The highest BCUT2D eigenvalue weighted by atomic mass is 35.5. The molecule has 9 heteroatoms. The summed E-state index contributed by atoms with van der Waals surface area (Å²) in [5.41, 5.74) is 0.392. The van der Waals surface area contributed by atoms with E-state index < -0.39 is 5.60 Å². The van der Waals surface area contributed by atoms with Crippen LogP contribution in [0.2, 0.25) is 5.02 Å². The van der Waals surface area contributed by atoms with Crippen LogP contribution in [0.3, 0.4) is 0 Å². The van der Waals surface area contributed by atoms with Gasteiger partial charge in [0.05, 0.1) is 12.4 Å². The van der Waals surface area contributed by atoms with Crippen molar-refractivity contribution in [2.24, 2.45) is 11.8 Å². The van der Waals surface area contributed by atoms with Gasteiger partial charge in [-0.25, -0.2) is 9.78 Å². The molecule has 2 unspecified atom stereocenters. The van der Waals surface area contributed by atoms with Gasteiger partial charge in [0, 0.05) is 48.7 Å². The molecule has 0 aliphatic carbocycles. The minimum Gasteiger partial charge on any atom is -0.444 e. The summed E-state index contributed by atoms with van der Waals surface area (Å²) in [6.07, 6.45) is 2.87. The number of ether oxygens (including phenoxy) is 1. The van der Waals surface area contributed by atoms with Gasteiger partial charge in [-0.3, -0.25) is 9.78 Å². The Labute approximate surface area is 186 Å². The lowest BCUT2D eigenvalue weighted by molar-refractivity contribution is 0.0282. The quantitative estimate of drug-likeness (QED) is 0.778. The zero-order valence-corrected chi connectivity index (χ0v) is 18.6. The number of anilines is 2. The van der Waals surface area contributed by atoms with Gasteiger partial charge in [-0.1, -0.05) is 11.6 Å². The smallest absolute Gasteiger partial charge is 0.410 e. The maximum Gasteiger partial charge on any atom is 0.410 e. The number of amides is 2. The van der Waals surface area contributed by atoms with E-state index in [1.54, 1.807) is 35.4 Å². The summed E-state index contributed by atoms with van der Waals surface area (Å²) in [5.74, 6) is 1.04. The van der Waals surface area contributed by atoms with E-state index in [1.165, 1.54) is 6.20 Å². The molecule has 31 heavy (non-hydrogen) atoms. The Balaban J connectivity index is 1.37. The van der Waals surface area contributed by atoms with Crippen molar-refractivity contribution >= 4 is 35.1 Å². The van der Waals surface area contributed by atoms with E-state index >= 15 is 0 Å². The van der Waals surface area contributed by atoms with Crippen molar-refractivity contribution in [1.82, 2.24) is 14.9 Å². The molecular weight excluding hydrogens is 418 g/mol. The molecule has 2 fully saturated rings. The van der Waals surface area contributed by atoms with E-state index in [4.69, 9.17) is 16.3 Å². The molecule has 0 radical (unpaired) electrons. The largest absolute Gasteiger partial charge is 0.444 e. The summed E-state index contributed by atoms with van der Waals surface area (Å²) in [5, 5.41) is 3.40. The molecule has 1 aromatic carbocycles. The lowest BCUT2D eigenvalue weighted by atomic mass is 10.0. The van der Waals surface area contributed by atoms with Gasteiger partial charge in [-0.05, 0) is 45.0 Å². The van der Waals surface area contributed by atoms with Crippen LogP contribution in [0.5, 0.6) is 0 Å². The molecule has 2 saturated heterocycles. The summed E-state index contributed by atoms with van der Waals surface area (Å²) in [6, 6.07) is 6.89.